The molecule has 0 aliphatic carbocycles. The first-order valence-corrected chi connectivity index (χ1v) is 5.05. The van der Waals surface area contributed by atoms with Crippen molar-refractivity contribution in [2.45, 2.75) is 25.9 Å². The summed E-state index contributed by atoms with van der Waals surface area (Å²) in [6, 6.07) is 3.86. The molecule has 0 bridgehead atoms. The molecule has 76 valence electrons. The summed E-state index contributed by atoms with van der Waals surface area (Å²) < 4.78 is 5.76. The first-order chi connectivity index (χ1) is 6.74. The molecule has 0 fully saturated rings. The quantitative estimate of drug-likeness (QED) is 0.734. The third-order valence-corrected chi connectivity index (χ3v) is 3.09. The summed E-state index contributed by atoms with van der Waals surface area (Å²) in [5.41, 5.74) is 6.79. The number of nitrogens with two attached hydrogens (primary N) is 1. The maximum absolute atomic E-state index is 5.78. The molecule has 0 amide bonds. The van der Waals surface area contributed by atoms with Gasteiger partial charge in [0.1, 0.15) is 5.75 Å². The highest BCUT2D eigenvalue weighted by molar-refractivity contribution is 5.33. The van der Waals surface area contributed by atoms with Crippen molar-refractivity contribution in [3.8, 4) is 5.75 Å². The van der Waals surface area contributed by atoms with Crippen molar-refractivity contribution < 1.29 is 4.74 Å². The monoisotopic (exact) mass is 192 g/mol. The van der Waals surface area contributed by atoms with Crippen molar-refractivity contribution in [2.75, 3.05) is 6.54 Å². The molecule has 1 aliphatic rings. The molecule has 0 aromatic carbocycles. The molecule has 2 rings (SSSR count). The molecular formula is C11H16N2O. The minimum Gasteiger partial charge on any atom is -0.488 e. The Balaban J connectivity index is 2.42. The van der Waals surface area contributed by atoms with Gasteiger partial charge in [-0.25, -0.2) is 0 Å². The molecule has 2 heterocycles. The molecule has 0 saturated carbocycles. The molecule has 0 radical (unpaired) electrons. The lowest BCUT2D eigenvalue weighted by Gasteiger charge is -2.34. The van der Waals surface area contributed by atoms with Gasteiger partial charge in [0.2, 0.25) is 0 Å². The van der Waals surface area contributed by atoms with Crippen molar-refractivity contribution in [3.63, 3.8) is 0 Å². The Labute approximate surface area is 84.3 Å². The average molecular weight is 192 g/mol. The molecule has 3 heteroatoms. The van der Waals surface area contributed by atoms with E-state index in [4.69, 9.17) is 10.5 Å². The molecule has 0 saturated heterocycles. The van der Waals surface area contributed by atoms with Gasteiger partial charge in [0, 0.05) is 24.6 Å². The van der Waals surface area contributed by atoms with Crippen LogP contribution in [0, 0.1) is 5.92 Å². The molecular weight excluding hydrogens is 176 g/mol. The molecule has 0 spiro atoms. The number of pyridine rings is 1. The van der Waals surface area contributed by atoms with E-state index < -0.39 is 0 Å². The van der Waals surface area contributed by atoms with Gasteiger partial charge in [-0.2, -0.15) is 0 Å². The van der Waals surface area contributed by atoms with E-state index >= 15 is 0 Å². The summed E-state index contributed by atoms with van der Waals surface area (Å²) in [6.07, 6.45) is 2.02. The van der Waals surface area contributed by atoms with Gasteiger partial charge in [-0.3, -0.25) is 4.98 Å². The normalized spacial score (nSPS) is 30.6. The van der Waals surface area contributed by atoms with Crippen molar-refractivity contribution in [2.24, 2.45) is 11.7 Å². The summed E-state index contributed by atoms with van der Waals surface area (Å²) >= 11 is 0. The van der Waals surface area contributed by atoms with Crippen LogP contribution < -0.4 is 10.5 Å². The molecule has 2 N–H and O–H groups in total. The summed E-state index contributed by atoms with van der Waals surface area (Å²) in [5.74, 6) is 1.66. The van der Waals surface area contributed by atoms with Crippen LogP contribution in [0.2, 0.25) is 0 Å². The summed E-state index contributed by atoms with van der Waals surface area (Å²) in [7, 11) is 0. The van der Waals surface area contributed by atoms with E-state index in [9.17, 15) is 0 Å². The lowest BCUT2D eigenvalue weighted by molar-refractivity contribution is 0.116. The van der Waals surface area contributed by atoms with Crippen molar-refractivity contribution in [1.29, 1.82) is 0 Å². The fraction of sp³-hybridized carbons (Fsp3) is 0.545. The second kappa shape index (κ2) is 3.58. The Morgan fingerprint density at radius 3 is 3.00 bits per heavy atom. The summed E-state index contributed by atoms with van der Waals surface area (Å²) in [5, 5.41) is 0. The minimum atomic E-state index is 0.222. The lowest BCUT2D eigenvalue weighted by atomic mass is 9.84. The number of hydrogen-bond donors (Lipinski definition) is 1. The molecule has 1 aliphatic heterocycles. The van der Waals surface area contributed by atoms with Crippen molar-refractivity contribution in [3.05, 3.63) is 24.0 Å². The van der Waals surface area contributed by atoms with Gasteiger partial charge in [0.15, 0.2) is 0 Å². The number of ether oxygens (including phenoxy) is 1. The van der Waals surface area contributed by atoms with Crippen molar-refractivity contribution >= 4 is 0 Å². The Hall–Kier alpha value is -1.09. The maximum atomic E-state index is 5.78. The molecule has 3 atom stereocenters. The SMILES string of the molecule is C[C@@H]1[C@H](C)Oc2cccnc2[C@H]1CN. The van der Waals surface area contributed by atoms with Crippen LogP contribution in [0.25, 0.3) is 0 Å². The van der Waals surface area contributed by atoms with E-state index in [-0.39, 0.29) is 6.10 Å². The van der Waals surface area contributed by atoms with E-state index in [1.165, 1.54) is 0 Å². The van der Waals surface area contributed by atoms with Gasteiger partial charge in [-0.1, -0.05) is 6.92 Å². The zero-order chi connectivity index (χ0) is 10.1. The molecule has 14 heavy (non-hydrogen) atoms. The van der Waals surface area contributed by atoms with Gasteiger partial charge in [0.05, 0.1) is 11.8 Å². The molecule has 1 aromatic rings. The van der Waals surface area contributed by atoms with Crippen LogP contribution in [-0.2, 0) is 0 Å². The molecule has 3 nitrogen and oxygen atoms in total. The third-order valence-electron chi connectivity index (χ3n) is 3.09. The topological polar surface area (TPSA) is 48.1 Å². The van der Waals surface area contributed by atoms with E-state index in [1.54, 1.807) is 6.20 Å². The second-order valence-corrected chi connectivity index (χ2v) is 3.91. The van der Waals surface area contributed by atoms with Crippen LogP contribution in [0.4, 0.5) is 0 Å². The first-order valence-electron chi connectivity index (χ1n) is 5.05. The molecule has 0 unspecified atom stereocenters. The zero-order valence-corrected chi connectivity index (χ0v) is 8.60. The third kappa shape index (κ3) is 1.38. The van der Waals surface area contributed by atoms with Crippen LogP contribution in [0.1, 0.15) is 25.5 Å². The Bertz CT molecular complexity index is 327. The van der Waals surface area contributed by atoms with E-state index in [1.807, 2.05) is 12.1 Å². The highest BCUT2D eigenvalue weighted by atomic mass is 16.5. The zero-order valence-electron chi connectivity index (χ0n) is 8.60. The van der Waals surface area contributed by atoms with Gasteiger partial charge in [-0.05, 0) is 19.1 Å². The Morgan fingerprint density at radius 1 is 1.50 bits per heavy atom. The van der Waals surface area contributed by atoms with E-state index in [0.29, 0.717) is 18.4 Å². The van der Waals surface area contributed by atoms with Gasteiger partial charge < -0.3 is 10.5 Å². The van der Waals surface area contributed by atoms with Crippen LogP contribution in [0.5, 0.6) is 5.75 Å². The first kappa shape index (κ1) is 9.46. The van der Waals surface area contributed by atoms with Gasteiger partial charge in [-0.15, -0.1) is 0 Å². The predicted molar refractivity (Wildman–Crippen MR) is 55.3 cm³/mol. The molecule has 1 aromatic heterocycles. The van der Waals surface area contributed by atoms with E-state index in [2.05, 4.69) is 18.8 Å². The van der Waals surface area contributed by atoms with Crippen LogP contribution >= 0.6 is 0 Å². The lowest BCUT2D eigenvalue weighted by Crippen LogP contribution is -2.35. The standard InChI is InChI=1S/C11H16N2O/c1-7-8(2)14-10-4-3-5-13-11(10)9(7)6-12/h3-5,7-9H,6,12H2,1-2H3/t7-,8+,9+/m1/s1. The number of hydrogen-bond acceptors (Lipinski definition) is 3. The fourth-order valence-corrected chi connectivity index (χ4v) is 1.99. The number of rotatable bonds is 1. The summed E-state index contributed by atoms with van der Waals surface area (Å²) in [6.45, 7) is 4.89. The van der Waals surface area contributed by atoms with Crippen molar-refractivity contribution in [1.82, 2.24) is 4.98 Å². The maximum Gasteiger partial charge on any atom is 0.141 e. The fourth-order valence-electron chi connectivity index (χ4n) is 1.99. The Morgan fingerprint density at radius 2 is 2.29 bits per heavy atom. The minimum absolute atomic E-state index is 0.222. The smallest absolute Gasteiger partial charge is 0.141 e. The van der Waals surface area contributed by atoms with Crippen LogP contribution in [0.15, 0.2) is 18.3 Å². The van der Waals surface area contributed by atoms with Crippen LogP contribution in [0.3, 0.4) is 0 Å². The number of aromatic nitrogens is 1. The van der Waals surface area contributed by atoms with Gasteiger partial charge >= 0.3 is 0 Å². The Kier molecular flexibility index (Phi) is 2.42. The highest BCUT2D eigenvalue weighted by Crippen LogP contribution is 2.37. The average Bonchev–Trinajstić information content (AvgIpc) is 2.20. The number of nitrogens with zero attached hydrogens (tertiary/aromatic N) is 1. The summed E-state index contributed by atoms with van der Waals surface area (Å²) in [4.78, 5) is 4.35. The number of fused-ring (bicyclic) bond motifs is 1. The van der Waals surface area contributed by atoms with Crippen LogP contribution in [-0.4, -0.2) is 17.6 Å². The predicted octanol–water partition coefficient (Wildman–Crippen LogP) is 1.54. The van der Waals surface area contributed by atoms with E-state index in [0.717, 1.165) is 11.4 Å². The van der Waals surface area contributed by atoms with Gasteiger partial charge in [0.25, 0.3) is 0 Å². The second-order valence-electron chi connectivity index (χ2n) is 3.91. The largest absolute Gasteiger partial charge is 0.488 e. The highest BCUT2D eigenvalue weighted by Gasteiger charge is 2.32.